The van der Waals surface area contributed by atoms with Gasteiger partial charge in [0.05, 0.1) is 0 Å². The molecule has 0 aliphatic heterocycles. The lowest BCUT2D eigenvalue weighted by molar-refractivity contribution is 0.863. The fourth-order valence-electron chi connectivity index (χ4n) is 4.29. The summed E-state index contributed by atoms with van der Waals surface area (Å²) in [5.41, 5.74) is 6.15. The van der Waals surface area contributed by atoms with Crippen LogP contribution in [0.4, 0.5) is 0 Å². The average Bonchev–Trinajstić information content (AvgIpc) is 2.83. The lowest BCUT2D eigenvalue weighted by Gasteiger charge is -2.23. The van der Waals surface area contributed by atoms with Crippen LogP contribution < -0.4 is 0 Å². The van der Waals surface area contributed by atoms with Crippen molar-refractivity contribution in [1.82, 2.24) is 0 Å². The Balaban J connectivity index is 2.31. The van der Waals surface area contributed by atoms with Gasteiger partial charge in [0.1, 0.15) is 0 Å². The van der Waals surface area contributed by atoms with Gasteiger partial charge in [-0.15, -0.1) is 15.8 Å². The van der Waals surface area contributed by atoms with Crippen molar-refractivity contribution >= 4 is 15.8 Å². The van der Waals surface area contributed by atoms with E-state index in [1.54, 1.807) is 11.1 Å². The Kier molecular flexibility index (Phi) is 14.5. The van der Waals surface area contributed by atoms with Crippen molar-refractivity contribution in [2.24, 2.45) is 0 Å². The van der Waals surface area contributed by atoms with E-state index in [9.17, 15) is 0 Å². The van der Waals surface area contributed by atoms with Gasteiger partial charge in [-0.3, -0.25) is 0 Å². The molecule has 0 N–H and O–H groups in total. The van der Waals surface area contributed by atoms with Crippen molar-refractivity contribution in [3.63, 3.8) is 0 Å². The van der Waals surface area contributed by atoms with Gasteiger partial charge < -0.3 is 0 Å². The van der Waals surface area contributed by atoms with Gasteiger partial charge in [-0.05, 0) is 84.9 Å². The molecule has 0 saturated carbocycles. The van der Waals surface area contributed by atoms with E-state index in [4.69, 9.17) is 0 Å². The van der Waals surface area contributed by atoms with Crippen molar-refractivity contribution in [1.29, 1.82) is 0 Å². The zero-order valence-electron chi connectivity index (χ0n) is 21.4. The minimum atomic E-state index is 0.114. The normalized spacial score (nSPS) is 11.6. The third-order valence-electron chi connectivity index (χ3n) is 6.41. The fraction of sp³-hybridized carbons (Fsp3) is 0.600. The smallest absolute Gasteiger partial charge is 0.00700 e. The van der Waals surface area contributed by atoms with Gasteiger partial charge in [0.2, 0.25) is 0 Å². The molecule has 0 aliphatic carbocycles. The summed E-state index contributed by atoms with van der Waals surface area (Å²) in [6, 6.07) is 18.5. The van der Waals surface area contributed by atoms with Crippen molar-refractivity contribution < 1.29 is 0 Å². The van der Waals surface area contributed by atoms with Gasteiger partial charge in [0, 0.05) is 0 Å². The molecule has 0 saturated heterocycles. The van der Waals surface area contributed by atoms with Gasteiger partial charge in [-0.2, -0.15) is 0 Å². The molecule has 0 heterocycles. The van der Waals surface area contributed by atoms with E-state index in [-0.39, 0.29) is 15.8 Å². The summed E-state index contributed by atoms with van der Waals surface area (Å²) in [6.45, 7) is 9.40. The minimum Gasteiger partial charge on any atom is -0.102 e. The molecule has 178 valence electrons. The second kappa shape index (κ2) is 16.8. The van der Waals surface area contributed by atoms with Crippen LogP contribution in [-0.2, 0) is 12.3 Å². The molecule has 0 aliphatic rings. The maximum atomic E-state index is 2.57. The SMILES string of the molecule is CCCCP(CCCC)Cc1ccc(-c2ccccc2)cc1CP(CCCC)CCCC. The van der Waals surface area contributed by atoms with Crippen LogP contribution in [0.1, 0.15) is 90.2 Å². The quantitative estimate of drug-likeness (QED) is 0.202. The van der Waals surface area contributed by atoms with E-state index >= 15 is 0 Å². The number of benzene rings is 2. The van der Waals surface area contributed by atoms with E-state index in [2.05, 4.69) is 76.2 Å². The van der Waals surface area contributed by atoms with Crippen LogP contribution in [0.15, 0.2) is 48.5 Å². The fourth-order valence-corrected chi connectivity index (χ4v) is 9.99. The zero-order valence-corrected chi connectivity index (χ0v) is 23.2. The first-order valence-electron chi connectivity index (χ1n) is 13.3. The summed E-state index contributed by atoms with van der Waals surface area (Å²) in [5.74, 6) is 0. The molecule has 2 aromatic rings. The first-order valence-corrected chi connectivity index (χ1v) is 17.1. The predicted octanol–water partition coefficient (Wildman–Crippen LogP) is 10.5. The molecule has 0 spiro atoms. The van der Waals surface area contributed by atoms with Crippen LogP contribution in [0.2, 0.25) is 0 Å². The van der Waals surface area contributed by atoms with Gasteiger partial charge in [0.25, 0.3) is 0 Å². The molecule has 2 aromatic carbocycles. The van der Waals surface area contributed by atoms with Crippen LogP contribution in [-0.4, -0.2) is 24.6 Å². The molecular weight excluding hydrogens is 422 g/mol. The molecule has 2 rings (SSSR count). The van der Waals surface area contributed by atoms with Crippen LogP contribution >= 0.6 is 15.8 Å². The van der Waals surface area contributed by atoms with Gasteiger partial charge in [-0.1, -0.05) is 102 Å². The van der Waals surface area contributed by atoms with Crippen molar-refractivity contribution in [3.8, 4) is 11.1 Å². The molecule has 0 unspecified atom stereocenters. The van der Waals surface area contributed by atoms with Gasteiger partial charge >= 0.3 is 0 Å². The van der Waals surface area contributed by atoms with Crippen molar-refractivity contribution in [2.75, 3.05) is 24.6 Å². The van der Waals surface area contributed by atoms with E-state index in [1.165, 1.54) is 99.5 Å². The molecule has 0 amide bonds. The second-order valence-electron chi connectivity index (χ2n) is 9.32. The lowest BCUT2D eigenvalue weighted by Crippen LogP contribution is -2.01. The van der Waals surface area contributed by atoms with E-state index in [0.29, 0.717) is 0 Å². The maximum absolute atomic E-state index is 2.57. The Bertz CT molecular complexity index is 709. The van der Waals surface area contributed by atoms with Crippen LogP contribution in [0.25, 0.3) is 11.1 Å². The Morgan fingerprint density at radius 2 is 0.969 bits per heavy atom. The minimum absolute atomic E-state index is 0.114. The van der Waals surface area contributed by atoms with E-state index in [0.717, 1.165) is 0 Å². The highest BCUT2D eigenvalue weighted by Crippen LogP contribution is 2.47. The summed E-state index contributed by atoms with van der Waals surface area (Å²) in [4.78, 5) is 0. The van der Waals surface area contributed by atoms with Crippen molar-refractivity contribution in [2.45, 2.75) is 91.4 Å². The highest BCUT2D eigenvalue weighted by Gasteiger charge is 2.16. The van der Waals surface area contributed by atoms with Crippen LogP contribution in [0.3, 0.4) is 0 Å². The Hall–Kier alpha value is -0.700. The van der Waals surface area contributed by atoms with E-state index < -0.39 is 0 Å². The zero-order chi connectivity index (χ0) is 23.0. The molecular formula is C30H48P2. The first kappa shape index (κ1) is 27.5. The number of hydrogen-bond acceptors (Lipinski definition) is 0. The summed E-state index contributed by atoms with van der Waals surface area (Å²) in [7, 11) is 0.246. The Labute approximate surface area is 202 Å². The summed E-state index contributed by atoms with van der Waals surface area (Å²) in [5, 5.41) is 0. The lowest BCUT2D eigenvalue weighted by atomic mass is 10.0. The first-order chi connectivity index (χ1) is 15.7. The number of unbranched alkanes of at least 4 members (excludes halogenated alkanes) is 4. The van der Waals surface area contributed by atoms with Crippen LogP contribution in [0, 0.1) is 0 Å². The second-order valence-corrected chi connectivity index (χ2v) is 14.4. The maximum Gasteiger partial charge on any atom is -0.00700 e. The molecule has 0 aromatic heterocycles. The summed E-state index contributed by atoms with van der Waals surface area (Å²) in [6.07, 6.45) is 19.5. The Morgan fingerprint density at radius 3 is 1.44 bits per heavy atom. The monoisotopic (exact) mass is 470 g/mol. The molecule has 0 radical (unpaired) electrons. The van der Waals surface area contributed by atoms with Crippen molar-refractivity contribution in [3.05, 3.63) is 59.7 Å². The Morgan fingerprint density at radius 1 is 0.500 bits per heavy atom. The number of rotatable bonds is 17. The largest absolute Gasteiger partial charge is 0.102 e. The summed E-state index contributed by atoms with van der Waals surface area (Å²) < 4.78 is 0. The molecule has 0 atom stereocenters. The summed E-state index contributed by atoms with van der Waals surface area (Å²) >= 11 is 0. The third kappa shape index (κ3) is 10.1. The highest BCUT2D eigenvalue weighted by molar-refractivity contribution is 7.57. The topological polar surface area (TPSA) is 0 Å². The molecule has 32 heavy (non-hydrogen) atoms. The average molecular weight is 471 g/mol. The number of hydrogen-bond donors (Lipinski definition) is 0. The van der Waals surface area contributed by atoms with E-state index in [1.807, 2.05) is 0 Å². The van der Waals surface area contributed by atoms with Crippen LogP contribution in [0.5, 0.6) is 0 Å². The predicted molar refractivity (Wildman–Crippen MR) is 152 cm³/mol. The third-order valence-corrected chi connectivity index (χ3v) is 11.8. The highest BCUT2D eigenvalue weighted by atomic mass is 31.1. The van der Waals surface area contributed by atoms with Gasteiger partial charge in [0.15, 0.2) is 0 Å². The molecule has 0 bridgehead atoms. The van der Waals surface area contributed by atoms with Gasteiger partial charge in [-0.25, -0.2) is 0 Å². The molecule has 0 nitrogen and oxygen atoms in total. The molecule has 0 fully saturated rings. The standard InChI is InChI=1S/C30H48P2/c1-5-9-20-31(21-10-6-2)25-29-19-18-28(27-16-14-13-15-17-27)24-30(29)26-32(22-11-7-3)23-12-8-4/h13-19,24H,5-12,20-23,25-26H2,1-4H3. The molecule has 2 heteroatoms.